The smallest absolute Gasteiger partial charge is 0.335 e. The van der Waals surface area contributed by atoms with E-state index >= 15 is 0 Å². The molecule has 1 aromatic carbocycles. The van der Waals surface area contributed by atoms with Crippen LogP contribution in [0.25, 0.3) is 0 Å². The van der Waals surface area contributed by atoms with Gasteiger partial charge in [-0.25, -0.2) is 9.78 Å². The van der Waals surface area contributed by atoms with Crippen LogP contribution in [0.15, 0.2) is 41.4 Å². The zero-order valence-electron chi connectivity index (χ0n) is 10.3. The summed E-state index contributed by atoms with van der Waals surface area (Å²) in [5.74, 6) is -0.268. The minimum Gasteiger partial charge on any atom is -0.478 e. The molecule has 0 fully saturated rings. The van der Waals surface area contributed by atoms with Crippen LogP contribution >= 0.6 is 23.4 Å². The lowest BCUT2D eigenvalue weighted by Gasteiger charge is -2.04. The third-order valence-corrected chi connectivity index (χ3v) is 3.66. The molecule has 0 atom stereocenters. The number of aromatic carboxylic acids is 1. The summed E-state index contributed by atoms with van der Waals surface area (Å²) in [6.45, 7) is 2.04. The molecule has 0 amide bonds. The molecule has 0 aliphatic carbocycles. The second-order valence-corrected chi connectivity index (χ2v) is 5.48. The molecule has 0 bridgehead atoms. The van der Waals surface area contributed by atoms with Crippen molar-refractivity contribution in [2.45, 2.75) is 17.7 Å². The number of hydrogen-bond acceptors (Lipinski definition) is 3. The van der Waals surface area contributed by atoms with Crippen molar-refractivity contribution in [1.29, 1.82) is 0 Å². The Morgan fingerprint density at radius 3 is 2.84 bits per heavy atom. The third-order valence-electron chi connectivity index (χ3n) is 2.49. The quantitative estimate of drug-likeness (QED) is 0.683. The molecule has 19 heavy (non-hydrogen) atoms. The van der Waals surface area contributed by atoms with Gasteiger partial charge in [-0.2, -0.15) is 0 Å². The van der Waals surface area contributed by atoms with Crippen molar-refractivity contribution in [2.75, 3.05) is 0 Å². The summed E-state index contributed by atoms with van der Waals surface area (Å²) in [5, 5.41) is 9.78. The molecule has 2 aromatic rings. The summed E-state index contributed by atoms with van der Waals surface area (Å²) < 4.78 is 0. The lowest BCUT2D eigenvalue weighted by Crippen LogP contribution is -1.97. The second kappa shape index (κ2) is 6.08. The predicted octanol–water partition coefficient (Wildman–Crippen LogP) is 4.03. The Balaban J connectivity index is 2.13. The molecule has 0 aliphatic rings. The van der Waals surface area contributed by atoms with E-state index in [1.807, 2.05) is 25.1 Å². The van der Waals surface area contributed by atoms with E-state index in [4.69, 9.17) is 16.7 Å². The van der Waals surface area contributed by atoms with Gasteiger partial charge in [-0.05, 0) is 24.6 Å². The van der Waals surface area contributed by atoms with Gasteiger partial charge in [0.05, 0.1) is 10.6 Å². The van der Waals surface area contributed by atoms with Crippen molar-refractivity contribution in [3.05, 3.63) is 58.2 Å². The van der Waals surface area contributed by atoms with Crippen molar-refractivity contribution in [1.82, 2.24) is 4.98 Å². The van der Waals surface area contributed by atoms with Crippen LogP contribution < -0.4 is 0 Å². The molecule has 3 nitrogen and oxygen atoms in total. The molecular formula is C14H12ClNO2S. The first kappa shape index (κ1) is 13.9. The van der Waals surface area contributed by atoms with Crippen molar-refractivity contribution in [2.24, 2.45) is 0 Å². The average molecular weight is 294 g/mol. The van der Waals surface area contributed by atoms with Crippen molar-refractivity contribution < 1.29 is 9.90 Å². The van der Waals surface area contributed by atoms with Gasteiger partial charge >= 0.3 is 5.97 Å². The van der Waals surface area contributed by atoms with Crippen LogP contribution in [0.3, 0.4) is 0 Å². The molecule has 2 rings (SSSR count). The maximum Gasteiger partial charge on any atom is 0.335 e. The van der Waals surface area contributed by atoms with Gasteiger partial charge in [-0.3, -0.25) is 0 Å². The van der Waals surface area contributed by atoms with Crippen molar-refractivity contribution in [3.8, 4) is 0 Å². The Morgan fingerprint density at radius 2 is 2.16 bits per heavy atom. The van der Waals surface area contributed by atoms with Crippen LogP contribution in [0.2, 0.25) is 5.15 Å². The maximum absolute atomic E-state index is 10.9. The van der Waals surface area contributed by atoms with Crippen molar-refractivity contribution >= 4 is 29.3 Å². The zero-order chi connectivity index (χ0) is 13.8. The molecule has 5 heteroatoms. The Labute approximate surface area is 120 Å². The molecule has 1 aromatic heterocycles. The molecule has 0 spiro atoms. The van der Waals surface area contributed by atoms with Crippen LogP contribution in [-0.4, -0.2) is 16.1 Å². The van der Waals surface area contributed by atoms with Gasteiger partial charge in [0, 0.05) is 5.75 Å². The summed E-state index contributed by atoms with van der Waals surface area (Å²) >= 11 is 7.28. The van der Waals surface area contributed by atoms with Crippen LogP contribution in [0, 0.1) is 6.92 Å². The summed E-state index contributed by atoms with van der Waals surface area (Å²) in [4.78, 5) is 15.0. The third kappa shape index (κ3) is 3.98. The maximum atomic E-state index is 10.9. The Morgan fingerprint density at radius 1 is 1.37 bits per heavy atom. The second-order valence-electron chi connectivity index (χ2n) is 4.10. The average Bonchev–Trinajstić information content (AvgIpc) is 2.36. The van der Waals surface area contributed by atoms with Gasteiger partial charge in [0.25, 0.3) is 0 Å². The van der Waals surface area contributed by atoms with E-state index < -0.39 is 5.97 Å². The van der Waals surface area contributed by atoms with Gasteiger partial charge in [-0.15, -0.1) is 11.8 Å². The topological polar surface area (TPSA) is 50.2 Å². The number of benzene rings is 1. The van der Waals surface area contributed by atoms with Gasteiger partial charge in [0.15, 0.2) is 0 Å². The lowest BCUT2D eigenvalue weighted by atomic mass is 10.2. The first-order valence-corrected chi connectivity index (χ1v) is 7.00. The molecule has 1 N–H and O–H groups in total. The van der Waals surface area contributed by atoms with Crippen LogP contribution in [0.1, 0.15) is 21.5 Å². The van der Waals surface area contributed by atoms with Crippen LogP contribution in [0.4, 0.5) is 0 Å². The number of carboxylic acids is 1. The highest BCUT2D eigenvalue weighted by atomic mass is 35.5. The van der Waals surface area contributed by atoms with E-state index in [1.165, 1.54) is 35.0 Å². The summed E-state index contributed by atoms with van der Waals surface area (Å²) in [7, 11) is 0. The van der Waals surface area contributed by atoms with E-state index in [1.54, 1.807) is 0 Å². The molecular weight excluding hydrogens is 282 g/mol. The number of carboxylic acid groups (broad SMARTS) is 1. The molecule has 0 aliphatic heterocycles. The summed E-state index contributed by atoms with van der Waals surface area (Å²) in [6, 6.07) is 11.0. The molecule has 1 heterocycles. The van der Waals surface area contributed by atoms with E-state index in [0.717, 1.165) is 5.75 Å². The monoisotopic (exact) mass is 293 g/mol. The Hall–Kier alpha value is -1.52. The van der Waals surface area contributed by atoms with E-state index in [9.17, 15) is 4.79 Å². The van der Waals surface area contributed by atoms with Gasteiger partial charge < -0.3 is 5.11 Å². The summed E-state index contributed by atoms with van der Waals surface area (Å²) in [6.07, 6.45) is 0. The highest BCUT2D eigenvalue weighted by Crippen LogP contribution is 2.24. The fraction of sp³-hybridized carbons (Fsp3) is 0.143. The van der Waals surface area contributed by atoms with E-state index in [-0.39, 0.29) is 10.7 Å². The number of aromatic nitrogens is 1. The summed E-state index contributed by atoms with van der Waals surface area (Å²) in [5.41, 5.74) is 2.53. The highest BCUT2D eigenvalue weighted by molar-refractivity contribution is 7.98. The van der Waals surface area contributed by atoms with Crippen LogP contribution in [-0.2, 0) is 5.75 Å². The molecule has 0 saturated carbocycles. The number of nitrogens with zero attached hydrogens (tertiary/aromatic N) is 1. The molecule has 0 saturated heterocycles. The molecule has 0 radical (unpaired) electrons. The molecule has 98 valence electrons. The SMILES string of the molecule is Cc1cccc(CSc2cc(C(=O)O)cc(Cl)n2)c1. The Kier molecular flexibility index (Phi) is 4.45. The zero-order valence-corrected chi connectivity index (χ0v) is 11.8. The number of hydrogen-bond donors (Lipinski definition) is 1. The number of thioether (sulfide) groups is 1. The number of pyridine rings is 1. The largest absolute Gasteiger partial charge is 0.478 e. The molecule has 0 unspecified atom stereocenters. The first-order valence-electron chi connectivity index (χ1n) is 5.64. The van der Waals surface area contributed by atoms with Crippen LogP contribution in [0.5, 0.6) is 0 Å². The fourth-order valence-corrected chi connectivity index (χ4v) is 2.76. The van der Waals surface area contributed by atoms with Gasteiger partial charge in [0.2, 0.25) is 0 Å². The fourth-order valence-electron chi connectivity index (χ4n) is 1.63. The van der Waals surface area contributed by atoms with Gasteiger partial charge in [0.1, 0.15) is 5.15 Å². The number of halogens is 1. The predicted molar refractivity (Wildman–Crippen MR) is 76.9 cm³/mol. The lowest BCUT2D eigenvalue weighted by molar-refractivity contribution is 0.0696. The minimum atomic E-state index is -0.998. The van der Waals surface area contributed by atoms with E-state index in [0.29, 0.717) is 5.03 Å². The van der Waals surface area contributed by atoms with Crippen molar-refractivity contribution in [3.63, 3.8) is 0 Å². The number of aryl methyl sites for hydroxylation is 1. The number of carbonyl (C=O) groups is 1. The standard InChI is InChI=1S/C14H12ClNO2S/c1-9-3-2-4-10(5-9)8-19-13-7-11(14(17)18)6-12(15)16-13/h2-7H,8H2,1H3,(H,17,18). The normalized spacial score (nSPS) is 10.4. The van der Waals surface area contributed by atoms with Gasteiger partial charge in [-0.1, -0.05) is 41.4 Å². The minimum absolute atomic E-state index is 0.159. The number of rotatable bonds is 4. The van der Waals surface area contributed by atoms with E-state index in [2.05, 4.69) is 11.1 Å². The first-order chi connectivity index (χ1) is 9.04. The highest BCUT2D eigenvalue weighted by Gasteiger charge is 2.08. The Bertz CT molecular complexity index is 616.